The summed E-state index contributed by atoms with van der Waals surface area (Å²) in [6.07, 6.45) is 0.898. The smallest absolute Gasteiger partial charge is 0.168 e. The third-order valence-electron chi connectivity index (χ3n) is 4.75. The molecule has 21 heavy (non-hydrogen) atoms. The van der Waals surface area contributed by atoms with Crippen LogP contribution in [0.25, 0.3) is 0 Å². The number of fused-ring (bicyclic) bond motifs is 3. The van der Waals surface area contributed by atoms with Crippen molar-refractivity contribution in [1.82, 2.24) is 5.32 Å². The van der Waals surface area contributed by atoms with Gasteiger partial charge in [-0.1, -0.05) is 41.9 Å². The van der Waals surface area contributed by atoms with E-state index in [1.165, 1.54) is 5.56 Å². The van der Waals surface area contributed by atoms with E-state index in [9.17, 15) is 4.79 Å². The number of ketones is 1. The third kappa shape index (κ3) is 2.10. The van der Waals surface area contributed by atoms with E-state index >= 15 is 0 Å². The first-order chi connectivity index (χ1) is 10.2. The highest BCUT2D eigenvalue weighted by atomic mass is 35.5. The zero-order valence-corrected chi connectivity index (χ0v) is 12.3. The largest absolute Gasteiger partial charge is 0.312 e. The minimum Gasteiger partial charge on any atom is -0.312 e. The zero-order valence-electron chi connectivity index (χ0n) is 11.6. The van der Waals surface area contributed by atoms with Crippen LogP contribution in [0.3, 0.4) is 0 Å². The first-order valence-corrected chi connectivity index (χ1v) is 7.73. The summed E-state index contributed by atoms with van der Waals surface area (Å²) >= 11 is 6.10. The van der Waals surface area contributed by atoms with E-state index in [0.29, 0.717) is 5.02 Å². The number of halogens is 1. The molecule has 3 unspecified atom stereocenters. The van der Waals surface area contributed by atoms with Crippen molar-refractivity contribution in [3.05, 3.63) is 70.2 Å². The van der Waals surface area contributed by atoms with Crippen LogP contribution in [0.4, 0.5) is 0 Å². The Labute approximate surface area is 129 Å². The third-order valence-corrected chi connectivity index (χ3v) is 4.98. The summed E-state index contributed by atoms with van der Waals surface area (Å²) in [4.78, 5) is 12.7. The predicted octanol–water partition coefficient (Wildman–Crippen LogP) is 3.45. The molecule has 1 aliphatic heterocycles. The summed E-state index contributed by atoms with van der Waals surface area (Å²) in [5.74, 6) is 0.608. The first kappa shape index (κ1) is 13.1. The molecule has 0 aromatic heterocycles. The Hall–Kier alpha value is -1.64. The maximum atomic E-state index is 12.7. The van der Waals surface area contributed by atoms with E-state index in [-0.39, 0.29) is 23.7 Å². The van der Waals surface area contributed by atoms with Crippen molar-refractivity contribution >= 4 is 17.4 Å². The molecule has 0 radical (unpaired) electrons. The molecule has 3 heteroatoms. The van der Waals surface area contributed by atoms with Crippen molar-refractivity contribution in [3.63, 3.8) is 0 Å². The number of hydrogen-bond acceptors (Lipinski definition) is 2. The van der Waals surface area contributed by atoms with Crippen LogP contribution in [0, 0.1) is 5.92 Å². The van der Waals surface area contributed by atoms with Crippen LogP contribution in [0.2, 0.25) is 5.02 Å². The van der Waals surface area contributed by atoms with Crippen LogP contribution in [-0.4, -0.2) is 18.4 Å². The summed E-state index contributed by atoms with van der Waals surface area (Å²) in [7, 11) is 0. The number of carbonyl (C=O) groups excluding carboxylic acids is 1. The average molecular weight is 298 g/mol. The highest BCUT2D eigenvalue weighted by Gasteiger charge is 2.47. The molecule has 0 spiro atoms. The van der Waals surface area contributed by atoms with Gasteiger partial charge in [-0.2, -0.15) is 0 Å². The number of rotatable bonds is 2. The molecule has 0 amide bonds. The van der Waals surface area contributed by atoms with Crippen molar-refractivity contribution in [2.45, 2.75) is 18.4 Å². The minimum absolute atomic E-state index is 0.0543. The molecular formula is C18H16ClNO. The molecule has 2 nitrogen and oxygen atoms in total. The lowest BCUT2D eigenvalue weighted by atomic mass is 9.88. The SMILES string of the molecule is O=C1c2ccc(Cl)cc2C2CNC(Cc3ccccc3)C12. The van der Waals surface area contributed by atoms with E-state index < -0.39 is 0 Å². The second-order valence-electron chi connectivity index (χ2n) is 5.93. The Bertz CT molecular complexity index is 698. The van der Waals surface area contributed by atoms with Gasteiger partial charge in [-0.15, -0.1) is 0 Å². The van der Waals surface area contributed by atoms with Crippen LogP contribution in [0.5, 0.6) is 0 Å². The van der Waals surface area contributed by atoms with E-state index in [1.54, 1.807) is 0 Å². The molecule has 1 aliphatic carbocycles. The zero-order chi connectivity index (χ0) is 14.4. The van der Waals surface area contributed by atoms with Gasteiger partial charge >= 0.3 is 0 Å². The quantitative estimate of drug-likeness (QED) is 0.920. The number of hydrogen-bond donors (Lipinski definition) is 1. The van der Waals surface area contributed by atoms with Gasteiger partial charge in [0, 0.05) is 35.0 Å². The van der Waals surface area contributed by atoms with E-state index in [0.717, 1.165) is 24.1 Å². The highest BCUT2D eigenvalue weighted by molar-refractivity contribution is 6.30. The van der Waals surface area contributed by atoms with Gasteiger partial charge in [-0.25, -0.2) is 0 Å². The van der Waals surface area contributed by atoms with Gasteiger partial charge in [0.15, 0.2) is 5.78 Å². The van der Waals surface area contributed by atoms with E-state index in [2.05, 4.69) is 17.4 Å². The molecule has 2 aromatic carbocycles. The van der Waals surface area contributed by atoms with Gasteiger partial charge in [-0.3, -0.25) is 4.79 Å². The molecular weight excluding hydrogens is 282 g/mol. The fourth-order valence-electron chi connectivity index (χ4n) is 3.79. The lowest BCUT2D eigenvalue weighted by molar-refractivity contribution is 0.0920. The molecule has 106 valence electrons. The Kier molecular flexibility index (Phi) is 3.09. The lowest BCUT2D eigenvalue weighted by Gasteiger charge is -2.17. The maximum absolute atomic E-state index is 12.7. The summed E-state index contributed by atoms with van der Waals surface area (Å²) in [5, 5.41) is 4.25. The molecule has 2 aromatic rings. The number of nitrogens with one attached hydrogen (secondary N) is 1. The summed E-state index contributed by atoms with van der Waals surface area (Å²) < 4.78 is 0. The van der Waals surface area contributed by atoms with E-state index in [4.69, 9.17) is 11.6 Å². The first-order valence-electron chi connectivity index (χ1n) is 7.35. The van der Waals surface area contributed by atoms with Crippen molar-refractivity contribution in [1.29, 1.82) is 0 Å². The molecule has 1 saturated heterocycles. The summed E-state index contributed by atoms with van der Waals surface area (Å²) in [6, 6.07) is 16.3. The van der Waals surface area contributed by atoms with Crippen molar-refractivity contribution < 1.29 is 4.79 Å². The normalized spacial score (nSPS) is 26.7. The van der Waals surface area contributed by atoms with Gasteiger partial charge in [0.1, 0.15) is 0 Å². The van der Waals surface area contributed by atoms with Crippen LogP contribution >= 0.6 is 11.6 Å². The van der Waals surface area contributed by atoms with Crippen LogP contribution < -0.4 is 5.32 Å². The Morgan fingerprint density at radius 2 is 1.95 bits per heavy atom. The minimum atomic E-state index is 0.0543. The van der Waals surface area contributed by atoms with Crippen molar-refractivity contribution in [3.8, 4) is 0 Å². The second kappa shape index (κ2) is 4.97. The van der Waals surface area contributed by atoms with Gasteiger partial charge in [0.2, 0.25) is 0 Å². The fourth-order valence-corrected chi connectivity index (χ4v) is 3.97. The van der Waals surface area contributed by atoms with E-state index in [1.807, 2.05) is 36.4 Å². The standard InChI is InChI=1S/C18H16ClNO/c19-12-6-7-13-14(9-12)15-10-20-16(17(15)18(13)21)8-11-4-2-1-3-5-11/h1-7,9,15-17,20H,8,10H2. The van der Waals surface area contributed by atoms with Crippen LogP contribution in [0.15, 0.2) is 48.5 Å². The Balaban J connectivity index is 1.64. The van der Waals surface area contributed by atoms with Gasteiger partial charge < -0.3 is 5.32 Å². The summed E-state index contributed by atoms with van der Waals surface area (Å²) in [5.41, 5.74) is 3.27. The number of benzene rings is 2. The predicted molar refractivity (Wildman–Crippen MR) is 84.0 cm³/mol. The molecule has 2 aliphatic rings. The lowest BCUT2D eigenvalue weighted by Crippen LogP contribution is -2.32. The van der Waals surface area contributed by atoms with Crippen LogP contribution in [-0.2, 0) is 6.42 Å². The molecule has 1 N–H and O–H groups in total. The second-order valence-corrected chi connectivity index (χ2v) is 6.37. The Morgan fingerprint density at radius 3 is 2.76 bits per heavy atom. The molecule has 0 saturated carbocycles. The van der Waals surface area contributed by atoms with Crippen molar-refractivity contribution in [2.75, 3.05) is 6.54 Å². The van der Waals surface area contributed by atoms with Crippen LogP contribution in [0.1, 0.15) is 27.4 Å². The van der Waals surface area contributed by atoms with Gasteiger partial charge in [0.25, 0.3) is 0 Å². The summed E-state index contributed by atoms with van der Waals surface area (Å²) in [6.45, 7) is 0.862. The highest BCUT2D eigenvalue weighted by Crippen LogP contribution is 2.44. The monoisotopic (exact) mass is 297 g/mol. The average Bonchev–Trinajstić information content (AvgIpc) is 3.01. The molecule has 0 bridgehead atoms. The number of carbonyl (C=O) groups is 1. The maximum Gasteiger partial charge on any atom is 0.168 e. The Morgan fingerprint density at radius 1 is 1.14 bits per heavy atom. The van der Waals surface area contributed by atoms with Gasteiger partial charge in [0.05, 0.1) is 0 Å². The fraction of sp³-hybridized carbons (Fsp3) is 0.278. The molecule has 3 atom stereocenters. The topological polar surface area (TPSA) is 29.1 Å². The number of Topliss-reactive ketones (excluding diaryl/α,β-unsaturated/α-hetero) is 1. The van der Waals surface area contributed by atoms with Crippen molar-refractivity contribution in [2.24, 2.45) is 5.92 Å². The molecule has 1 fully saturated rings. The van der Waals surface area contributed by atoms with Gasteiger partial charge in [-0.05, 0) is 35.7 Å². The molecule has 4 rings (SSSR count). The molecule has 1 heterocycles.